The molecule has 0 spiro atoms. The zero-order valence-corrected chi connectivity index (χ0v) is 15.4. The van der Waals surface area contributed by atoms with Crippen molar-refractivity contribution >= 4 is 17.5 Å². The van der Waals surface area contributed by atoms with E-state index in [-0.39, 0.29) is 19.2 Å². The smallest absolute Gasteiger partial charge is 0.309 e. The number of carbonyl (C=O) groups excluding carboxylic acids is 2. The maximum atomic E-state index is 12.0. The maximum absolute atomic E-state index is 12.0. The quantitative estimate of drug-likeness (QED) is 0.557. The Hall–Kier alpha value is -2.16. The van der Waals surface area contributed by atoms with Gasteiger partial charge in [0.2, 0.25) is 0 Å². The predicted molar refractivity (Wildman–Crippen MR) is 99.0 cm³/mol. The van der Waals surface area contributed by atoms with Crippen molar-refractivity contribution in [3.8, 4) is 0 Å². The van der Waals surface area contributed by atoms with Crippen molar-refractivity contribution in [3.63, 3.8) is 0 Å². The highest BCUT2D eigenvalue weighted by molar-refractivity contribution is 6.35. The lowest BCUT2D eigenvalue weighted by Crippen LogP contribution is -2.47. The number of aliphatic hydroxyl groups excluding tert-OH is 1. The van der Waals surface area contributed by atoms with Gasteiger partial charge in [0.15, 0.2) is 0 Å². The summed E-state index contributed by atoms with van der Waals surface area (Å²) in [4.78, 5) is 27.9. The second-order valence-electron chi connectivity index (χ2n) is 6.34. The van der Waals surface area contributed by atoms with Gasteiger partial charge in [0.1, 0.15) is 0 Å². The summed E-state index contributed by atoms with van der Waals surface area (Å²) in [6, 6.07) is 8.14. The molecule has 1 atom stereocenters. The molecule has 2 amide bonds. The number of benzene rings is 1. The number of carbonyl (C=O) groups is 2. The topological polar surface area (TPSA) is 94.1 Å². The van der Waals surface area contributed by atoms with Crippen molar-refractivity contribution in [1.82, 2.24) is 15.5 Å². The number of aliphatic hydroxyl groups is 1. The van der Waals surface area contributed by atoms with Gasteiger partial charge in [-0.3, -0.25) is 14.5 Å². The maximum Gasteiger partial charge on any atom is 0.309 e. The second kappa shape index (κ2) is 10.1. The van der Waals surface area contributed by atoms with Crippen LogP contribution in [0.1, 0.15) is 11.6 Å². The molecule has 1 aromatic rings. The summed E-state index contributed by atoms with van der Waals surface area (Å²) in [5, 5.41) is 13.8. The van der Waals surface area contributed by atoms with E-state index in [0.717, 1.165) is 24.3 Å². The number of hydrogen-bond donors (Lipinski definition) is 3. The van der Waals surface area contributed by atoms with Crippen LogP contribution in [0.15, 0.2) is 24.3 Å². The number of rotatable bonds is 7. The molecular formula is C18H28N4O4. The zero-order chi connectivity index (χ0) is 18.9. The molecule has 3 N–H and O–H groups in total. The third kappa shape index (κ3) is 5.69. The van der Waals surface area contributed by atoms with Gasteiger partial charge >= 0.3 is 11.8 Å². The van der Waals surface area contributed by atoms with E-state index in [2.05, 4.69) is 15.5 Å². The molecule has 1 aliphatic rings. The minimum absolute atomic E-state index is 0.0373. The minimum atomic E-state index is -0.734. The lowest BCUT2D eigenvalue weighted by Gasteiger charge is -2.35. The average Bonchev–Trinajstić information content (AvgIpc) is 2.67. The van der Waals surface area contributed by atoms with E-state index >= 15 is 0 Å². The van der Waals surface area contributed by atoms with E-state index in [1.807, 2.05) is 43.3 Å². The lowest BCUT2D eigenvalue weighted by molar-refractivity contribution is -0.139. The number of morpholine rings is 1. The van der Waals surface area contributed by atoms with E-state index in [9.17, 15) is 9.59 Å². The van der Waals surface area contributed by atoms with Crippen molar-refractivity contribution in [2.75, 3.05) is 65.0 Å². The van der Waals surface area contributed by atoms with Crippen LogP contribution in [-0.2, 0) is 14.3 Å². The van der Waals surface area contributed by atoms with E-state index < -0.39 is 11.8 Å². The van der Waals surface area contributed by atoms with E-state index in [1.165, 1.54) is 0 Å². The molecule has 1 aromatic carbocycles. The van der Waals surface area contributed by atoms with E-state index in [0.29, 0.717) is 19.8 Å². The first kappa shape index (κ1) is 20.2. The molecule has 1 fully saturated rings. The predicted octanol–water partition coefficient (Wildman–Crippen LogP) is -0.649. The van der Waals surface area contributed by atoms with Crippen molar-refractivity contribution in [2.24, 2.45) is 0 Å². The number of nitrogens with zero attached hydrogens (tertiary/aromatic N) is 2. The molecule has 1 saturated heterocycles. The Morgan fingerprint density at radius 3 is 2.35 bits per heavy atom. The van der Waals surface area contributed by atoms with Crippen LogP contribution in [0.2, 0.25) is 0 Å². The van der Waals surface area contributed by atoms with Gasteiger partial charge < -0.3 is 25.4 Å². The summed E-state index contributed by atoms with van der Waals surface area (Å²) in [5.41, 5.74) is 2.18. The fourth-order valence-corrected chi connectivity index (χ4v) is 2.86. The molecule has 1 aliphatic heterocycles. The van der Waals surface area contributed by atoms with Gasteiger partial charge in [0.05, 0.1) is 25.9 Å². The first-order valence-electron chi connectivity index (χ1n) is 8.79. The Morgan fingerprint density at radius 1 is 1.15 bits per heavy atom. The van der Waals surface area contributed by atoms with Crippen LogP contribution in [0, 0.1) is 0 Å². The third-order valence-corrected chi connectivity index (χ3v) is 4.34. The Morgan fingerprint density at radius 2 is 1.77 bits per heavy atom. The van der Waals surface area contributed by atoms with Gasteiger partial charge in [-0.2, -0.15) is 0 Å². The van der Waals surface area contributed by atoms with Crippen LogP contribution in [-0.4, -0.2) is 81.9 Å². The summed E-state index contributed by atoms with van der Waals surface area (Å²) in [7, 11) is 3.97. The van der Waals surface area contributed by atoms with Crippen LogP contribution >= 0.6 is 0 Å². The van der Waals surface area contributed by atoms with Crippen molar-refractivity contribution in [1.29, 1.82) is 0 Å². The molecule has 0 aliphatic carbocycles. The zero-order valence-electron chi connectivity index (χ0n) is 15.4. The highest BCUT2D eigenvalue weighted by Gasteiger charge is 2.24. The molecule has 8 heteroatoms. The van der Waals surface area contributed by atoms with Gasteiger partial charge in [0, 0.05) is 46.0 Å². The van der Waals surface area contributed by atoms with Crippen LogP contribution in [0.5, 0.6) is 0 Å². The normalized spacial score (nSPS) is 16.0. The van der Waals surface area contributed by atoms with Gasteiger partial charge in [-0.25, -0.2) is 0 Å². The molecule has 26 heavy (non-hydrogen) atoms. The summed E-state index contributed by atoms with van der Waals surface area (Å²) in [6.07, 6.45) is 0. The second-order valence-corrected chi connectivity index (χ2v) is 6.34. The van der Waals surface area contributed by atoms with E-state index in [1.54, 1.807) is 0 Å². The number of ether oxygens (including phenoxy) is 1. The highest BCUT2D eigenvalue weighted by atomic mass is 16.5. The summed E-state index contributed by atoms with van der Waals surface area (Å²) in [5.74, 6) is -1.43. The van der Waals surface area contributed by atoms with Gasteiger partial charge in [0.25, 0.3) is 0 Å². The number of nitrogens with one attached hydrogen (secondary N) is 2. The summed E-state index contributed by atoms with van der Waals surface area (Å²) in [6.45, 7) is 3.03. The fraction of sp³-hybridized carbons (Fsp3) is 0.556. The van der Waals surface area contributed by atoms with Crippen molar-refractivity contribution in [2.45, 2.75) is 6.04 Å². The third-order valence-electron chi connectivity index (χ3n) is 4.34. The molecule has 0 aromatic heterocycles. The molecule has 0 unspecified atom stereocenters. The Labute approximate surface area is 154 Å². The van der Waals surface area contributed by atoms with Crippen LogP contribution in [0.4, 0.5) is 5.69 Å². The van der Waals surface area contributed by atoms with Gasteiger partial charge in [-0.05, 0) is 17.7 Å². The molecular weight excluding hydrogens is 336 g/mol. The molecule has 1 heterocycles. The van der Waals surface area contributed by atoms with Gasteiger partial charge in [-0.1, -0.05) is 12.1 Å². The minimum Gasteiger partial charge on any atom is -0.395 e. The summed E-state index contributed by atoms with van der Waals surface area (Å²) < 4.78 is 5.42. The number of anilines is 1. The largest absolute Gasteiger partial charge is 0.395 e. The summed E-state index contributed by atoms with van der Waals surface area (Å²) >= 11 is 0. The Bertz CT molecular complexity index is 585. The number of hydrogen-bond acceptors (Lipinski definition) is 6. The average molecular weight is 364 g/mol. The molecule has 2 rings (SSSR count). The molecule has 8 nitrogen and oxygen atoms in total. The Kier molecular flexibility index (Phi) is 7.83. The standard InChI is InChI=1S/C18H28N4O4/c1-21(2)15-5-3-14(4-6-15)16(22-8-11-26-12-9-22)13-20-18(25)17(24)19-7-10-23/h3-6,16,23H,7-13H2,1-2H3,(H,19,24)(H,20,25)/t16-/m0/s1. The molecule has 0 saturated carbocycles. The van der Waals surface area contributed by atoms with E-state index in [4.69, 9.17) is 9.84 Å². The van der Waals surface area contributed by atoms with Gasteiger partial charge in [-0.15, -0.1) is 0 Å². The monoisotopic (exact) mass is 364 g/mol. The van der Waals surface area contributed by atoms with Crippen molar-refractivity contribution in [3.05, 3.63) is 29.8 Å². The first-order valence-corrected chi connectivity index (χ1v) is 8.79. The molecule has 144 valence electrons. The lowest BCUT2D eigenvalue weighted by atomic mass is 10.0. The molecule has 0 bridgehead atoms. The number of amides is 2. The Balaban J connectivity index is 2.06. The van der Waals surface area contributed by atoms with Crippen LogP contribution in [0.3, 0.4) is 0 Å². The fourth-order valence-electron chi connectivity index (χ4n) is 2.86. The van der Waals surface area contributed by atoms with Crippen LogP contribution < -0.4 is 15.5 Å². The first-order chi connectivity index (χ1) is 12.5. The van der Waals surface area contributed by atoms with Crippen molar-refractivity contribution < 1.29 is 19.4 Å². The highest BCUT2D eigenvalue weighted by Crippen LogP contribution is 2.23. The SMILES string of the molecule is CN(C)c1ccc([C@H](CNC(=O)C(=O)NCCO)N2CCOCC2)cc1. The van der Waals surface area contributed by atoms with Crippen LogP contribution in [0.25, 0.3) is 0 Å². The molecule has 0 radical (unpaired) electrons.